The molecule has 0 aromatic carbocycles. The zero-order chi connectivity index (χ0) is 10.9. The van der Waals surface area contributed by atoms with Gasteiger partial charge in [-0.2, -0.15) is 0 Å². The minimum Gasteiger partial charge on any atom is -0.451 e. The summed E-state index contributed by atoms with van der Waals surface area (Å²) >= 11 is 5.70. The van der Waals surface area contributed by atoms with Crippen LogP contribution in [-0.4, -0.2) is 17.5 Å². The van der Waals surface area contributed by atoms with Crippen molar-refractivity contribution in [3.63, 3.8) is 0 Å². The highest BCUT2D eigenvalue weighted by molar-refractivity contribution is 6.17. The Hall–Kier alpha value is -0.500. The molecule has 0 bridgehead atoms. The first-order valence-corrected chi connectivity index (χ1v) is 6.22. The molecule has 3 heteroatoms. The average Bonchev–Trinajstić information content (AvgIpc) is 2.50. The van der Waals surface area contributed by atoms with Crippen LogP contribution in [-0.2, 0) is 9.53 Å². The van der Waals surface area contributed by atoms with Crippen molar-refractivity contribution in [2.24, 2.45) is 0 Å². The fraction of sp³-hybridized carbons (Fsp3) is 0.750. The molecule has 2 aliphatic rings. The smallest absolute Gasteiger partial charge is 0.334 e. The molecule has 84 valence electrons. The van der Waals surface area contributed by atoms with E-state index in [0.717, 1.165) is 37.7 Å². The van der Waals surface area contributed by atoms with Crippen LogP contribution in [0.2, 0.25) is 0 Å². The van der Waals surface area contributed by atoms with Gasteiger partial charge in [-0.25, -0.2) is 4.79 Å². The van der Waals surface area contributed by atoms with Crippen molar-refractivity contribution in [1.29, 1.82) is 0 Å². The Morgan fingerprint density at radius 2 is 2.13 bits per heavy atom. The van der Waals surface area contributed by atoms with Gasteiger partial charge in [-0.15, -0.1) is 11.6 Å². The number of ether oxygens (including phenoxy) is 1. The third-order valence-electron chi connectivity index (χ3n) is 3.46. The van der Waals surface area contributed by atoms with Gasteiger partial charge >= 0.3 is 5.97 Å². The molecule has 0 radical (unpaired) electrons. The second kappa shape index (κ2) is 4.17. The van der Waals surface area contributed by atoms with E-state index in [0.29, 0.717) is 5.88 Å². The van der Waals surface area contributed by atoms with Crippen LogP contribution in [0.5, 0.6) is 0 Å². The third-order valence-corrected chi connectivity index (χ3v) is 3.73. The number of cyclic esters (lactones) is 1. The SMILES string of the molecule is CC1(CCCCl)OC(=O)C2=C1CCCC2. The molecule has 1 aliphatic heterocycles. The van der Waals surface area contributed by atoms with Crippen LogP contribution in [0.15, 0.2) is 11.1 Å². The van der Waals surface area contributed by atoms with Gasteiger partial charge < -0.3 is 4.74 Å². The van der Waals surface area contributed by atoms with Crippen molar-refractivity contribution in [2.75, 3.05) is 5.88 Å². The van der Waals surface area contributed by atoms with E-state index >= 15 is 0 Å². The van der Waals surface area contributed by atoms with Crippen molar-refractivity contribution >= 4 is 17.6 Å². The predicted octanol–water partition coefficient (Wildman–Crippen LogP) is 3.19. The monoisotopic (exact) mass is 228 g/mol. The molecule has 0 N–H and O–H groups in total. The van der Waals surface area contributed by atoms with Crippen molar-refractivity contribution in [2.45, 2.75) is 51.0 Å². The number of carbonyl (C=O) groups excluding carboxylic acids is 1. The third kappa shape index (κ3) is 1.92. The maximum absolute atomic E-state index is 11.7. The van der Waals surface area contributed by atoms with Gasteiger partial charge in [0.25, 0.3) is 0 Å². The Morgan fingerprint density at radius 3 is 2.87 bits per heavy atom. The minimum atomic E-state index is -0.346. The summed E-state index contributed by atoms with van der Waals surface area (Å²) in [5, 5.41) is 0. The average molecular weight is 229 g/mol. The summed E-state index contributed by atoms with van der Waals surface area (Å²) in [5.74, 6) is 0.553. The van der Waals surface area contributed by atoms with Gasteiger partial charge in [-0.3, -0.25) is 0 Å². The highest BCUT2D eigenvalue weighted by Gasteiger charge is 2.43. The molecule has 1 heterocycles. The van der Waals surface area contributed by atoms with E-state index in [2.05, 4.69) is 0 Å². The van der Waals surface area contributed by atoms with Crippen molar-refractivity contribution in [3.05, 3.63) is 11.1 Å². The molecule has 0 amide bonds. The van der Waals surface area contributed by atoms with E-state index in [1.807, 2.05) is 6.92 Å². The molecule has 0 fully saturated rings. The normalized spacial score (nSPS) is 30.4. The molecule has 15 heavy (non-hydrogen) atoms. The van der Waals surface area contributed by atoms with Crippen LogP contribution >= 0.6 is 11.6 Å². The Morgan fingerprint density at radius 1 is 1.40 bits per heavy atom. The van der Waals surface area contributed by atoms with Crippen LogP contribution in [0.3, 0.4) is 0 Å². The van der Waals surface area contributed by atoms with E-state index in [9.17, 15) is 4.79 Å². The maximum Gasteiger partial charge on any atom is 0.334 e. The molecule has 1 unspecified atom stereocenters. The summed E-state index contributed by atoms with van der Waals surface area (Å²) < 4.78 is 5.53. The summed E-state index contributed by atoms with van der Waals surface area (Å²) in [5.41, 5.74) is 1.86. The summed E-state index contributed by atoms with van der Waals surface area (Å²) in [6, 6.07) is 0. The molecule has 0 saturated heterocycles. The van der Waals surface area contributed by atoms with Crippen LogP contribution in [0.25, 0.3) is 0 Å². The summed E-state index contributed by atoms with van der Waals surface area (Å²) in [6.45, 7) is 2.03. The highest BCUT2D eigenvalue weighted by atomic mass is 35.5. The number of halogens is 1. The van der Waals surface area contributed by atoms with E-state index in [1.54, 1.807) is 0 Å². The second-order valence-electron chi connectivity index (χ2n) is 4.58. The van der Waals surface area contributed by atoms with Crippen molar-refractivity contribution in [1.82, 2.24) is 0 Å². The van der Waals surface area contributed by atoms with Gasteiger partial charge in [0.15, 0.2) is 0 Å². The Labute approximate surface area is 95.6 Å². The fourth-order valence-electron chi connectivity index (χ4n) is 2.65. The summed E-state index contributed by atoms with van der Waals surface area (Å²) in [4.78, 5) is 11.7. The van der Waals surface area contributed by atoms with Gasteiger partial charge in [0.2, 0.25) is 0 Å². The number of alkyl halides is 1. The lowest BCUT2D eigenvalue weighted by atomic mass is 9.82. The Balaban J connectivity index is 2.20. The molecule has 0 saturated carbocycles. The van der Waals surface area contributed by atoms with Gasteiger partial charge in [-0.1, -0.05) is 0 Å². The number of esters is 1. The van der Waals surface area contributed by atoms with Gasteiger partial charge in [0.1, 0.15) is 5.60 Å². The molecular formula is C12H17ClO2. The second-order valence-corrected chi connectivity index (χ2v) is 4.96. The number of hydrogen-bond donors (Lipinski definition) is 0. The highest BCUT2D eigenvalue weighted by Crippen LogP contribution is 2.43. The first-order chi connectivity index (χ1) is 7.17. The van der Waals surface area contributed by atoms with E-state index < -0.39 is 0 Å². The first-order valence-electron chi connectivity index (χ1n) is 5.69. The molecular weight excluding hydrogens is 212 g/mol. The lowest BCUT2D eigenvalue weighted by Gasteiger charge is -2.27. The van der Waals surface area contributed by atoms with E-state index in [-0.39, 0.29) is 11.6 Å². The molecule has 2 nitrogen and oxygen atoms in total. The van der Waals surface area contributed by atoms with Crippen LogP contribution in [0.1, 0.15) is 45.4 Å². The zero-order valence-electron chi connectivity index (χ0n) is 9.14. The van der Waals surface area contributed by atoms with Gasteiger partial charge in [0.05, 0.1) is 0 Å². The maximum atomic E-state index is 11.7. The van der Waals surface area contributed by atoms with Crippen LogP contribution in [0.4, 0.5) is 0 Å². The zero-order valence-corrected chi connectivity index (χ0v) is 9.90. The molecule has 0 aromatic heterocycles. The van der Waals surface area contributed by atoms with Crippen LogP contribution < -0.4 is 0 Å². The van der Waals surface area contributed by atoms with Crippen molar-refractivity contribution < 1.29 is 9.53 Å². The van der Waals surface area contributed by atoms with E-state index in [1.165, 1.54) is 12.0 Å². The standard InChI is InChI=1S/C12H17ClO2/c1-12(7-4-8-13)10-6-3-2-5-9(10)11(14)15-12/h2-8H2,1H3. The minimum absolute atomic E-state index is 0.0817. The quantitative estimate of drug-likeness (QED) is 0.548. The Kier molecular flexibility index (Phi) is 3.06. The van der Waals surface area contributed by atoms with Crippen LogP contribution in [0, 0.1) is 0 Å². The van der Waals surface area contributed by atoms with Crippen molar-refractivity contribution in [3.8, 4) is 0 Å². The molecule has 2 rings (SSSR count). The number of rotatable bonds is 3. The first kappa shape index (κ1) is 11.0. The molecule has 1 aliphatic carbocycles. The van der Waals surface area contributed by atoms with E-state index in [4.69, 9.17) is 16.3 Å². The predicted molar refractivity (Wildman–Crippen MR) is 59.9 cm³/mol. The number of carbonyl (C=O) groups is 1. The lowest BCUT2D eigenvalue weighted by Crippen LogP contribution is -2.28. The number of hydrogen-bond acceptors (Lipinski definition) is 2. The molecule has 0 spiro atoms. The summed E-state index contributed by atoms with van der Waals surface area (Å²) in [7, 11) is 0. The molecule has 1 atom stereocenters. The lowest BCUT2D eigenvalue weighted by molar-refractivity contribution is -0.146. The Bertz CT molecular complexity index is 309. The largest absolute Gasteiger partial charge is 0.451 e. The fourth-order valence-corrected chi connectivity index (χ4v) is 2.78. The van der Waals surface area contributed by atoms with Gasteiger partial charge in [0, 0.05) is 11.5 Å². The summed E-state index contributed by atoms with van der Waals surface area (Å²) in [6.07, 6.45) is 6.01. The molecule has 0 aromatic rings. The van der Waals surface area contributed by atoms with Gasteiger partial charge in [-0.05, 0) is 51.0 Å². The topological polar surface area (TPSA) is 26.3 Å².